The Bertz CT molecular complexity index is 2740. The number of rotatable bonds is 16. The summed E-state index contributed by atoms with van der Waals surface area (Å²) in [6.07, 6.45) is 7.75. The summed E-state index contributed by atoms with van der Waals surface area (Å²) in [5.74, 6) is -1.11. The molecule has 1 unspecified atom stereocenters. The molecule has 4 aromatic heterocycles. The number of nitrogens with zero attached hydrogens (tertiary/aromatic N) is 8. The Balaban J connectivity index is 0.000000389. The molecule has 2 aromatic carbocycles. The van der Waals surface area contributed by atoms with E-state index in [1.54, 1.807) is 59.7 Å². The van der Waals surface area contributed by atoms with Crippen LogP contribution in [0.2, 0.25) is 10.0 Å². The molecule has 0 aliphatic rings. The van der Waals surface area contributed by atoms with Crippen LogP contribution in [-0.2, 0) is 43.1 Å². The summed E-state index contributed by atoms with van der Waals surface area (Å²) in [6.45, 7) is 23.2. The summed E-state index contributed by atoms with van der Waals surface area (Å²) in [4.78, 5) is 46.9. The molecule has 0 radical (unpaired) electrons. The number of carbonyl (C=O) groups excluding carboxylic acids is 2. The Morgan fingerprint density at radius 3 is 1.59 bits per heavy atom. The molecule has 10 N–H and O–H groups in total. The fraction of sp³-hybridized carbons (Fsp3) is 0.429. The van der Waals surface area contributed by atoms with Crippen molar-refractivity contribution in [3.63, 3.8) is 0 Å². The molecule has 366 valence electrons. The Kier molecular flexibility index (Phi) is 21.7. The van der Waals surface area contributed by atoms with Crippen molar-refractivity contribution in [2.24, 2.45) is 31.3 Å². The molecule has 0 aliphatic carbocycles. The number of imidazole rings is 2. The number of nitrogens with one attached hydrogen (secondary N) is 1. The van der Waals surface area contributed by atoms with Crippen LogP contribution in [0.15, 0.2) is 61.4 Å². The smallest absolute Gasteiger partial charge is 0.234 e. The first-order valence-electron chi connectivity index (χ1n) is 21.0. The van der Waals surface area contributed by atoms with Gasteiger partial charge in [0, 0.05) is 54.3 Å². The van der Waals surface area contributed by atoms with E-state index in [2.05, 4.69) is 30.0 Å². The lowest BCUT2D eigenvalue weighted by atomic mass is 9.98. The van der Waals surface area contributed by atoms with Gasteiger partial charge in [0.25, 0.3) is 0 Å². The van der Waals surface area contributed by atoms with Crippen molar-refractivity contribution in [3.8, 4) is 22.8 Å². The Labute approximate surface area is 409 Å². The van der Waals surface area contributed by atoms with Crippen molar-refractivity contribution in [1.82, 2.24) is 34.4 Å². The highest BCUT2D eigenvalue weighted by atomic mass is 35.5. The molecule has 0 saturated carbocycles. The van der Waals surface area contributed by atoms with Crippen LogP contribution in [0.25, 0.3) is 54.3 Å². The molecule has 0 spiro atoms. The van der Waals surface area contributed by atoms with Gasteiger partial charge in [-0.05, 0) is 106 Å². The molecule has 3 atom stereocenters. The van der Waals surface area contributed by atoms with E-state index in [1.165, 1.54) is 0 Å². The second-order valence-electron chi connectivity index (χ2n) is 17.3. The van der Waals surface area contributed by atoms with Crippen molar-refractivity contribution < 1.29 is 24.9 Å². The third-order valence-corrected chi connectivity index (χ3v) is 11.0. The molecule has 0 bridgehead atoms. The minimum atomic E-state index is -1.05. The maximum atomic E-state index is 12.0. The van der Waals surface area contributed by atoms with Crippen molar-refractivity contribution in [2.75, 3.05) is 13.1 Å². The second-order valence-corrected chi connectivity index (χ2v) is 18.1. The van der Waals surface area contributed by atoms with Crippen LogP contribution < -0.4 is 22.5 Å². The van der Waals surface area contributed by atoms with Gasteiger partial charge in [0.2, 0.25) is 24.9 Å². The summed E-state index contributed by atoms with van der Waals surface area (Å²) in [7, 11) is 3.79. The van der Waals surface area contributed by atoms with Gasteiger partial charge >= 0.3 is 0 Å². The molecule has 6 rings (SSSR count). The number of carbonyl (C=O) groups is 2. The quantitative estimate of drug-likeness (QED) is 0.0492. The molecule has 0 saturated heterocycles. The number of benzene rings is 2. The van der Waals surface area contributed by atoms with Crippen LogP contribution in [-0.4, -0.2) is 92.6 Å². The molecular formula is C49H66Cl2N12O5. The topological polar surface area (TPSA) is 255 Å². The van der Waals surface area contributed by atoms with E-state index in [9.17, 15) is 19.8 Å². The first-order valence-corrected chi connectivity index (χ1v) is 21.7. The normalized spacial score (nSPS) is 12.5. The average Bonchev–Trinajstić information content (AvgIpc) is 3.86. The number of fused-ring (bicyclic) bond motifs is 2. The Hall–Kier alpha value is -6.02. The molecule has 0 fully saturated rings. The molecule has 19 heteroatoms. The monoisotopic (exact) mass is 972 g/mol. The maximum absolute atomic E-state index is 12.0. The van der Waals surface area contributed by atoms with Gasteiger partial charge in [-0.15, -0.1) is 0 Å². The van der Waals surface area contributed by atoms with E-state index in [0.717, 1.165) is 61.3 Å². The molecule has 0 aliphatic heterocycles. The average molecular weight is 974 g/mol. The third-order valence-electron chi connectivity index (χ3n) is 10.3. The van der Waals surface area contributed by atoms with Crippen LogP contribution >= 0.6 is 23.2 Å². The molecule has 68 heavy (non-hydrogen) atoms. The molecule has 4 heterocycles. The van der Waals surface area contributed by atoms with Gasteiger partial charge in [0.1, 0.15) is 0 Å². The highest BCUT2D eigenvalue weighted by Gasteiger charge is 2.25. The Morgan fingerprint density at radius 2 is 1.21 bits per heavy atom. The van der Waals surface area contributed by atoms with E-state index in [-0.39, 0.29) is 27.7 Å². The number of hydrogen-bond acceptors (Lipinski definition) is 11. The lowest BCUT2D eigenvalue weighted by molar-refractivity contribution is -0.121. The molecule has 2 amide bonds. The minimum absolute atomic E-state index is 0. The number of amides is 2. The Morgan fingerprint density at radius 1 is 0.750 bits per heavy atom. The van der Waals surface area contributed by atoms with Crippen LogP contribution in [0.4, 0.5) is 0 Å². The lowest BCUT2D eigenvalue weighted by Crippen LogP contribution is -2.45. The summed E-state index contributed by atoms with van der Waals surface area (Å²) >= 11 is 12.8. The standard InChI is InChI=1S/C23H27ClN6O2.C18H17ClN4O.C6H14N2O2.2CH4/c1-23(2,32)10-20(22(25)31)28-11-15-8-19(21-12-27-13-30(21)4)29-18-9-17(24)14(5-6-26-3)7-16(15)18;1-11(24)13-7-17(18-9-21-10-23(18)3)22-16-8-15(19)12(4-5-20-2)6-14(13)16;1-6(2,10)3-4(7)5(8)9;;/h7-9,12-13,20,28,32H,5-6,10-11H2,1-2,4H3,(H2,25,31);6-11,24H,4-5H2,1,3H3;4,10H,3,7H2,1-2H3,(H2,8,9);2*1H4/t20-;;4-;;/m0.0../s1. The van der Waals surface area contributed by atoms with Crippen LogP contribution in [0.1, 0.15) is 90.7 Å². The fourth-order valence-electron chi connectivity index (χ4n) is 7.02. The zero-order valence-corrected chi connectivity index (χ0v) is 39.7. The number of hydrogen-bond donors (Lipinski definition) is 7. The molecule has 17 nitrogen and oxygen atoms in total. The van der Waals surface area contributed by atoms with Gasteiger partial charge in [-0.3, -0.25) is 9.59 Å². The predicted octanol–water partition coefficient (Wildman–Crippen LogP) is 6.89. The van der Waals surface area contributed by atoms with Gasteiger partial charge in [-0.1, -0.05) is 38.1 Å². The van der Waals surface area contributed by atoms with Crippen molar-refractivity contribution >= 4 is 56.8 Å². The zero-order chi connectivity index (χ0) is 49.1. The molecule has 6 aromatic rings. The van der Waals surface area contributed by atoms with E-state index in [0.29, 0.717) is 48.0 Å². The summed E-state index contributed by atoms with van der Waals surface area (Å²) in [6, 6.07) is 9.88. The van der Waals surface area contributed by atoms with E-state index >= 15 is 0 Å². The summed E-state index contributed by atoms with van der Waals surface area (Å²) in [5.41, 5.74) is 21.8. The summed E-state index contributed by atoms with van der Waals surface area (Å²) in [5, 5.41) is 35.6. The number of aryl methyl sites for hydroxylation is 2. The fourth-order valence-corrected chi connectivity index (χ4v) is 7.53. The zero-order valence-electron chi connectivity index (χ0n) is 38.2. The highest BCUT2D eigenvalue weighted by molar-refractivity contribution is 6.32. The number of primary amides is 2. The van der Waals surface area contributed by atoms with Crippen molar-refractivity contribution in [2.45, 2.75) is 111 Å². The van der Waals surface area contributed by atoms with Crippen molar-refractivity contribution in [1.29, 1.82) is 0 Å². The number of halogens is 2. The van der Waals surface area contributed by atoms with E-state index in [4.69, 9.17) is 63.6 Å². The van der Waals surface area contributed by atoms with Crippen LogP contribution in [0.3, 0.4) is 0 Å². The number of pyridine rings is 2. The lowest BCUT2D eigenvalue weighted by Gasteiger charge is -2.24. The maximum Gasteiger partial charge on any atom is 0.234 e. The number of aromatic nitrogens is 6. The largest absolute Gasteiger partial charge is 0.390 e. The van der Waals surface area contributed by atoms with Gasteiger partial charge < -0.3 is 56.7 Å². The van der Waals surface area contributed by atoms with Crippen LogP contribution in [0, 0.1) is 13.1 Å². The predicted molar refractivity (Wildman–Crippen MR) is 271 cm³/mol. The number of nitrogens with two attached hydrogens (primary N) is 3. The second kappa shape index (κ2) is 25.4. The van der Waals surface area contributed by atoms with Crippen LogP contribution in [0.5, 0.6) is 0 Å². The first-order chi connectivity index (χ1) is 30.9. The van der Waals surface area contributed by atoms with Gasteiger partial charge in [0.15, 0.2) is 0 Å². The SMILES string of the molecule is C.C.CC(C)(O)C[C@H](N)C(N)=O.[C-]#[N+]CCc1cc2c(C(C)O)cc(-c3cncn3C)nc2cc1Cl.[C-]#[N+]CCc1cc2c(CN[C@@H](CC(C)(C)O)C(N)=O)cc(-c3cncn3C)nc2cc1Cl. The van der Waals surface area contributed by atoms with Crippen molar-refractivity contribution in [3.05, 3.63) is 117 Å². The summed E-state index contributed by atoms with van der Waals surface area (Å²) < 4.78 is 3.75. The first kappa shape index (κ1) is 58.1. The van der Waals surface area contributed by atoms with Gasteiger partial charge in [-0.25, -0.2) is 33.1 Å². The minimum Gasteiger partial charge on any atom is -0.390 e. The number of aliphatic hydroxyl groups excluding tert-OH is 1. The number of aliphatic hydroxyl groups is 3. The molecular weight excluding hydrogens is 908 g/mol. The van der Waals surface area contributed by atoms with E-state index < -0.39 is 41.2 Å². The van der Waals surface area contributed by atoms with Gasteiger partial charge in [0.05, 0.1) is 88.2 Å². The van der Waals surface area contributed by atoms with E-state index in [1.807, 2.05) is 59.6 Å². The highest BCUT2D eigenvalue weighted by Crippen LogP contribution is 2.33. The third kappa shape index (κ3) is 16.3. The van der Waals surface area contributed by atoms with Gasteiger partial charge in [-0.2, -0.15) is 0 Å².